The Kier molecular flexibility index (Phi) is 4.03. The van der Waals surface area contributed by atoms with E-state index in [0.29, 0.717) is 16.4 Å². The lowest BCUT2D eigenvalue weighted by Gasteiger charge is -2.05. The van der Waals surface area contributed by atoms with Crippen LogP contribution >= 0.6 is 11.8 Å². The summed E-state index contributed by atoms with van der Waals surface area (Å²) in [5.74, 6) is 1.03. The molecule has 1 heterocycles. The van der Waals surface area contributed by atoms with E-state index in [0.717, 1.165) is 5.75 Å². The van der Waals surface area contributed by atoms with E-state index < -0.39 is 0 Å². The number of nitrogens with two attached hydrogens (primary N) is 1. The first kappa shape index (κ1) is 13.4. The van der Waals surface area contributed by atoms with E-state index in [9.17, 15) is 0 Å². The zero-order chi connectivity index (χ0) is 13.8. The number of aryl methyl sites for hydroxylation is 2. The molecule has 0 amide bonds. The smallest absolute Gasteiger partial charge is 0.190 e. The third-order valence-electron chi connectivity index (χ3n) is 2.70. The highest BCUT2D eigenvalue weighted by Gasteiger charge is 2.09. The lowest BCUT2D eigenvalue weighted by atomic mass is 10.2. The summed E-state index contributed by atoms with van der Waals surface area (Å²) >= 11 is 1.52. The molecule has 19 heavy (non-hydrogen) atoms. The molecule has 5 heteroatoms. The highest BCUT2D eigenvalue weighted by atomic mass is 32.2. The average molecular weight is 270 g/mol. The zero-order valence-corrected chi connectivity index (χ0v) is 11.7. The van der Waals surface area contributed by atoms with Crippen LogP contribution in [0.4, 0.5) is 5.82 Å². The van der Waals surface area contributed by atoms with Gasteiger partial charge >= 0.3 is 0 Å². The van der Waals surface area contributed by atoms with Crippen molar-refractivity contribution in [1.82, 2.24) is 9.97 Å². The van der Waals surface area contributed by atoms with Gasteiger partial charge in [-0.15, -0.1) is 0 Å². The number of rotatable bonds is 3. The van der Waals surface area contributed by atoms with Crippen LogP contribution in [0.1, 0.15) is 22.4 Å². The maximum atomic E-state index is 8.91. The van der Waals surface area contributed by atoms with Gasteiger partial charge in [0.15, 0.2) is 5.16 Å². The van der Waals surface area contributed by atoms with Gasteiger partial charge in [0.25, 0.3) is 0 Å². The molecule has 0 unspecified atom stereocenters. The number of nitrogen functional groups attached to an aromatic ring is 1. The number of thioether (sulfide) groups is 1. The summed E-state index contributed by atoms with van der Waals surface area (Å²) in [5, 5.41) is 9.51. The number of anilines is 1. The molecule has 2 aromatic rings. The van der Waals surface area contributed by atoms with Crippen molar-refractivity contribution in [3.8, 4) is 6.07 Å². The molecule has 0 saturated heterocycles. The fourth-order valence-electron chi connectivity index (χ4n) is 1.60. The predicted octanol–water partition coefficient (Wildman–Crippen LogP) is 2.84. The molecule has 1 aromatic carbocycles. The van der Waals surface area contributed by atoms with Crippen molar-refractivity contribution in [2.75, 3.05) is 5.73 Å². The summed E-state index contributed by atoms with van der Waals surface area (Å²) < 4.78 is 0. The summed E-state index contributed by atoms with van der Waals surface area (Å²) in [6.07, 6.45) is 0. The Morgan fingerprint density at radius 3 is 2.47 bits per heavy atom. The second kappa shape index (κ2) is 5.72. The fourth-order valence-corrected chi connectivity index (χ4v) is 2.46. The molecule has 0 bridgehead atoms. The molecule has 0 atom stereocenters. The van der Waals surface area contributed by atoms with Gasteiger partial charge in [-0.2, -0.15) is 5.26 Å². The maximum absolute atomic E-state index is 8.91. The first-order chi connectivity index (χ1) is 9.10. The lowest BCUT2D eigenvalue weighted by Crippen LogP contribution is -2.02. The van der Waals surface area contributed by atoms with Gasteiger partial charge in [0.05, 0.1) is 5.69 Å². The van der Waals surface area contributed by atoms with Crippen LogP contribution in [0.2, 0.25) is 0 Å². The normalized spacial score (nSPS) is 10.2. The maximum Gasteiger partial charge on any atom is 0.190 e. The van der Waals surface area contributed by atoms with Gasteiger partial charge in [0.2, 0.25) is 0 Å². The molecule has 0 fully saturated rings. The Morgan fingerprint density at radius 1 is 1.21 bits per heavy atom. The van der Waals surface area contributed by atoms with E-state index >= 15 is 0 Å². The van der Waals surface area contributed by atoms with Crippen molar-refractivity contribution in [2.45, 2.75) is 24.8 Å². The van der Waals surface area contributed by atoms with Crippen LogP contribution in [0.5, 0.6) is 0 Å². The molecule has 0 saturated carbocycles. The predicted molar refractivity (Wildman–Crippen MR) is 76.6 cm³/mol. The Bertz CT molecular complexity index is 606. The summed E-state index contributed by atoms with van der Waals surface area (Å²) in [6.45, 7) is 3.83. The molecule has 96 valence electrons. The van der Waals surface area contributed by atoms with E-state index in [-0.39, 0.29) is 5.82 Å². The van der Waals surface area contributed by atoms with Crippen molar-refractivity contribution in [1.29, 1.82) is 5.26 Å². The molecule has 0 radical (unpaired) electrons. The lowest BCUT2D eigenvalue weighted by molar-refractivity contribution is 0.932. The van der Waals surface area contributed by atoms with Crippen molar-refractivity contribution in [2.24, 2.45) is 0 Å². The monoisotopic (exact) mass is 270 g/mol. The van der Waals surface area contributed by atoms with E-state index in [1.165, 1.54) is 22.9 Å². The molecule has 0 aliphatic carbocycles. The number of nitriles is 1. The van der Waals surface area contributed by atoms with Crippen molar-refractivity contribution >= 4 is 17.6 Å². The Labute approximate surface area is 116 Å². The number of hydrogen-bond donors (Lipinski definition) is 1. The molecule has 0 spiro atoms. The second-order valence-corrected chi connectivity index (χ2v) is 5.18. The second-order valence-electron chi connectivity index (χ2n) is 4.24. The highest BCUT2D eigenvalue weighted by Crippen LogP contribution is 2.22. The van der Waals surface area contributed by atoms with Crippen LogP contribution < -0.4 is 5.73 Å². The molecule has 2 rings (SSSR count). The van der Waals surface area contributed by atoms with E-state index in [2.05, 4.69) is 41.2 Å². The van der Waals surface area contributed by atoms with Gasteiger partial charge < -0.3 is 5.73 Å². The van der Waals surface area contributed by atoms with Gasteiger partial charge in [0.1, 0.15) is 17.5 Å². The number of benzene rings is 1. The van der Waals surface area contributed by atoms with Crippen molar-refractivity contribution in [3.63, 3.8) is 0 Å². The summed E-state index contributed by atoms with van der Waals surface area (Å²) in [7, 11) is 0. The molecule has 4 nitrogen and oxygen atoms in total. The molecule has 0 aliphatic heterocycles. The van der Waals surface area contributed by atoms with Crippen LogP contribution in [-0.2, 0) is 5.75 Å². The highest BCUT2D eigenvalue weighted by molar-refractivity contribution is 7.98. The quantitative estimate of drug-likeness (QED) is 0.685. The first-order valence-corrected chi connectivity index (χ1v) is 6.81. The van der Waals surface area contributed by atoms with Crippen LogP contribution in [-0.4, -0.2) is 9.97 Å². The minimum Gasteiger partial charge on any atom is -0.382 e. The van der Waals surface area contributed by atoms with Gasteiger partial charge in [-0.25, -0.2) is 9.97 Å². The topological polar surface area (TPSA) is 75.6 Å². The first-order valence-electron chi connectivity index (χ1n) is 5.82. The molecular formula is C14H14N4S. The number of aromatic nitrogens is 2. The van der Waals surface area contributed by atoms with Gasteiger partial charge in [-0.3, -0.25) is 0 Å². The van der Waals surface area contributed by atoms with E-state index in [1.54, 1.807) is 6.92 Å². The Balaban J connectivity index is 2.12. The largest absolute Gasteiger partial charge is 0.382 e. The van der Waals surface area contributed by atoms with Gasteiger partial charge in [-0.05, 0) is 19.4 Å². The third kappa shape index (κ3) is 3.24. The van der Waals surface area contributed by atoms with Crippen molar-refractivity contribution in [3.05, 3.63) is 46.6 Å². The summed E-state index contributed by atoms with van der Waals surface area (Å²) in [4.78, 5) is 8.43. The number of nitrogens with zero attached hydrogens (tertiary/aromatic N) is 3. The van der Waals surface area contributed by atoms with Gasteiger partial charge in [-0.1, -0.05) is 41.6 Å². The van der Waals surface area contributed by atoms with E-state index in [1.807, 2.05) is 6.07 Å². The summed E-state index contributed by atoms with van der Waals surface area (Å²) in [5.41, 5.74) is 9.17. The van der Waals surface area contributed by atoms with Crippen LogP contribution in [0.15, 0.2) is 29.4 Å². The Morgan fingerprint density at radius 2 is 1.89 bits per heavy atom. The molecule has 2 N–H and O–H groups in total. The average Bonchev–Trinajstić information content (AvgIpc) is 2.38. The van der Waals surface area contributed by atoms with Crippen LogP contribution in [0.25, 0.3) is 0 Å². The number of hydrogen-bond acceptors (Lipinski definition) is 5. The zero-order valence-electron chi connectivity index (χ0n) is 10.8. The standard InChI is InChI=1S/C14H14N4S/c1-9-3-5-11(6-4-9)8-19-14-17-10(2)12(7-15)13(16)18-14/h3-6H,8H2,1-2H3,(H2,16,17,18). The van der Waals surface area contributed by atoms with Crippen LogP contribution in [0, 0.1) is 25.2 Å². The van der Waals surface area contributed by atoms with E-state index in [4.69, 9.17) is 11.0 Å². The van der Waals surface area contributed by atoms with Crippen LogP contribution in [0.3, 0.4) is 0 Å². The molecular weight excluding hydrogens is 256 g/mol. The SMILES string of the molecule is Cc1ccc(CSc2nc(C)c(C#N)c(N)n2)cc1. The summed E-state index contributed by atoms with van der Waals surface area (Å²) in [6, 6.07) is 10.3. The Hall–Kier alpha value is -2.06. The molecule has 1 aromatic heterocycles. The van der Waals surface area contributed by atoms with Crippen molar-refractivity contribution < 1.29 is 0 Å². The fraction of sp³-hybridized carbons (Fsp3) is 0.214. The third-order valence-corrected chi connectivity index (χ3v) is 3.62. The minimum absolute atomic E-state index is 0.251. The van der Waals surface area contributed by atoms with Gasteiger partial charge in [0, 0.05) is 5.75 Å². The molecule has 0 aliphatic rings. The minimum atomic E-state index is 0.251.